The van der Waals surface area contributed by atoms with Gasteiger partial charge in [-0.15, -0.1) is 11.8 Å². The van der Waals surface area contributed by atoms with Crippen molar-refractivity contribution in [2.45, 2.75) is 25.3 Å². The van der Waals surface area contributed by atoms with Gasteiger partial charge in [0.25, 0.3) is 5.56 Å². The molecular formula is C17H18N4O3S. The predicted molar refractivity (Wildman–Crippen MR) is 97.2 cm³/mol. The zero-order valence-corrected chi connectivity index (χ0v) is 15.0. The number of nitrogens with zero attached hydrogens (tertiary/aromatic N) is 3. The van der Waals surface area contributed by atoms with Crippen molar-refractivity contribution in [3.63, 3.8) is 0 Å². The highest BCUT2D eigenvalue weighted by molar-refractivity contribution is 8.00. The van der Waals surface area contributed by atoms with Crippen LogP contribution in [0.15, 0.2) is 34.1 Å². The fourth-order valence-electron chi connectivity index (χ4n) is 2.73. The second kappa shape index (κ2) is 6.72. The molecule has 0 aliphatic carbocycles. The van der Waals surface area contributed by atoms with Gasteiger partial charge in [-0.05, 0) is 37.1 Å². The Morgan fingerprint density at radius 2 is 1.92 bits per heavy atom. The van der Waals surface area contributed by atoms with E-state index in [4.69, 9.17) is 0 Å². The molecule has 0 unspecified atom stereocenters. The average Bonchev–Trinajstić information content (AvgIpc) is 2.52. The van der Waals surface area contributed by atoms with Gasteiger partial charge < -0.3 is 10.2 Å². The van der Waals surface area contributed by atoms with E-state index in [0.29, 0.717) is 10.6 Å². The molecule has 0 fully saturated rings. The first-order chi connectivity index (χ1) is 11.8. The topological polar surface area (TPSA) is 84.3 Å². The van der Waals surface area contributed by atoms with Gasteiger partial charge in [0.1, 0.15) is 12.2 Å². The lowest BCUT2D eigenvalue weighted by Crippen LogP contribution is -2.40. The molecule has 1 N–H and O–H groups in total. The van der Waals surface area contributed by atoms with E-state index in [1.807, 2.05) is 32.0 Å². The highest BCUT2D eigenvalue weighted by atomic mass is 32.2. The van der Waals surface area contributed by atoms with Gasteiger partial charge in [-0.25, -0.2) is 4.68 Å². The summed E-state index contributed by atoms with van der Waals surface area (Å²) >= 11 is 1.28. The molecular weight excluding hydrogens is 340 g/mol. The number of amides is 2. The molecule has 1 aromatic carbocycles. The Hall–Kier alpha value is -2.61. The zero-order valence-electron chi connectivity index (χ0n) is 14.2. The summed E-state index contributed by atoms with van der Waals surface area (Å²) in [6.07, 6.45) is 1.52. The number of nitrogens with one attached hydrogen (secondary N) is 1. The number of aromatic nitrogens is 2. The maximum atomic E-state index is 12.6. The molecule has 3 rings (SSSR count). The molecule has 7 nitrogen and oxygen atoms in total. The molecule has 0 spiro atoms. The summed E-state index contributed by atoms with van der Waals surface area (Å²) in [4.78, 5) is 38.6. The molecule has 0 saturated heterocycles. The van der Waals surface area contributed by atoms with Gasteiger partial charge in [0.15, 0.2) is 0 Å². The molecule has 130 valence electrons. The second-order valence-electron chi connectivity index (χ2n) is 5.99. The van der Waals surface area contributed by atoms with Gasteiger partial charge in [-0.1, -0.05) is 6.07 Å². The number of carbonyl (C=O) groups excluding carboxylic acids is 2. The van der Waals surface area contributed by atoms with E-state index in [9.17, 15) is 14.4 Å². The van der Waals surface area contributed by atoms with Gasteiger partial charge in [0, 0.05) is 12.7 Å². The minimum Gasteiger partial charge on any atom is -0.324 e. The van der Waals surface area contributed by atoms with Crippen LogP contribution in [-0.4, -0.2) is 34.4 Å². The van der Waals surface area contributed by atoms with Crippen molar-refractivity contribution in [2.75, 3.05) is 23.0 Å². The number of fused-ring (bicyclic) bond motifs is 1. The van der Waals surface area contributed by atoms with Crippen LogP contribution in [0.3, 0.4) is 0 Å². The monoisotopic (exact) mass is 358 g/mol. The van der Waals surface area contributed by atoms with Gasteiger partial charge in [0.05, 0.1) is 16.8 Å². The summed E-state index contributed by atoms with van der Waals surface area (Å²) in [6, 6.07) is 5.73. The van der Waals surface area contributed by atoms with E-state index in [-0.39, 0.29) is 29.8 Å². The summed E-state index contributed by atoms with van der Waals surface area (Å²) < 4.78 is 1.08. The third-order valence-corrected chi connectivity index (χ3v) is 4.85. The molecule has 0 bridgehead atoms. The number of anilines is 2. The fourth-order valence-corrected chi connectivity index (χ4v) is 3.69. The first-order valence-corrected chi connectivity index (χ1v) is 8.71. The lowest BCUT2D eigenvalue weighted by atomic mass is 10.1. The number of aryl methyl sites for hydroxylation is 2. The van der Waals surface area contributed by atoms with Gasteiger partial charge in [0.2, 0.25) is 11.8 Å². The van der Waals surface area contributed by atoms with Crippen LogP contribution in [-0.2, 0) is 16.1 Å². The summed E-state index contributed by atoms with van der Waals surface area (Å²) in [7, 11) is 1.56. The van der Waals surface area contributed by atoms with E-state index in [1.165, 1.54) is 22.9 Å². The van der Waals surface area contributed by atoms with Crippen LogP contribution in [0.5, 0.6) is 0 Å². The largest absolute Gasteiger partial charge is 0.324 e. The van der Waals surface area contributed by atoms with Crippen LogP contribution in [0.1, 0.15) is 11.1 Å². The van der Waals surface area contributed by atoms with Crippen LogP contribution in [0.2, 0.25) is 0 Å². The first kappa shape index (κ1) is 17.2. The van der Waals surface area contributed by atoms with E-state index in [1.54, 1.807) is 7.05 Å². The maximum Gasteiger partial charge on any atom is 0.292 e. The van der Waals surface area contributed by atoms with Crippen LogP contribution in [0.25, 0.3) is 0 Å². The molecule has 0 atom stereocenters. The quantitative estimate of drug-likeness (QED) is 0.900. The lowest BCUT2D eigenvalue weighted by Gasteiger charge is -2.24. The lowest BCUT2D eigenvalue weighted by molar-refractivity contribution is -0.117. The van der Waals surface area contributed by atoms with Crippen molar-refractivity contribution in [3.05, 3.63) is 45.9 Å². The van der Waals surface area contributed by atoms with Crippen molar-refractivity contribution in [2.24, 2.45) is 0 Å². The van der Waals surface area contributed by atoms with E-state index in [0.717, 1.165) is 15.8 Å². The Kier molecular flexibility index (Phi) is 4.63. The minimum atomic E-state index is -0.448. The smallest absolute Gasteiger partial charge is 0.292 e. The normalized spacial score (nSPS) is 13.6. The number of rotatable bonds is 3. The molecule has 25 heavy (non-hydrogen) atoms. The van der Waals surface area contributed by atoms with Crippen molar-refractivity contribution < 1.29 is 9.59 Å². The standard InChI is InChI=1S/C17H18N4O3S/c1-10-4-11(2)6-12(5-10)19-14(22)8-21-17(24)16-13(7-18-21)25-9-15(23)20(16)3/h4-7H,8-9H2,1-3H3,(H,19,22). The van der Waals surface area contributed by atoms with Crippen LogP contribution >= 0.6 is 11.8 Å². The zero-order chi connectivity index (χ0) is 18.1. The number of hydrogen-bond acceptors (Lipinski definition) is 5. The van der Waals surface area contributed by atoms with Crippen LogP contribution in [0.4, 0.5) is 11.4 Å². The molecule has 2 heterocycles. The summed E-state index contributed by atoms with van der Waals surface area (Å²) in [5.41, 5.74) is 2.58. The summed E-state index contributed by atoms with van der Waals surface area (Å²) in [5, 5.41) is 6.83. The Bertz CT molecular complexity index is 902. The van der Waals surface area contributed by atoms with Gasteiger partial charge in [-0.2, -0.15) is 5.10 Å². The number of carbonyl (C=O) groups is 2. The summed E-state index contributed by atoms with van der Waals surface area (Å²) in [6.45, 7) is 3.68. The Morgan fingerprint density at radius 3 is 2.60 bits per heavy atom. The molecule has 1 aliphatic rings. The Morgan fingerprint density at radius 1 is 1.24 bits per heavy atom. The van der Waals surface area contributed by atoms with Crippen molar-refractivity contribution in [1.82, 2.24) is 9.78 Å². The minimum absolute atomic E-state index is 0.146. The molecule has 2 amide bonds. The van der Waals surface area contributed by atoms with E-state index >= 15 is 0 Å². The summed E-state index contributed by atoms with van der Waals surface area (Å²) in [5.74, 6) is -0.217. The van der Waals surface area contributed by atoms with Crippen molar-refractivity contribution in [3.8, 4) is 0 Å². The van der Waals surface area contributed by atoms with Crippen molar-refractivity contribution >= 4 is 35.0 Å². The maximum absolute atomic E-state index is 12.6. The third kappa shape index (κ3) is 3.58. The molecule has 2 aromatic rings. The fraction of sp³-hybridized carbons (Fsp3) is 0.294. The third-order valence-electron chi connectivity index (χ3n) is 3.84. The Labute approximate surface area is 149 Å². The van der Waals surface area contributed by atoms with Gasteiger partial charge >= 0.3 is 0 Å². The van der Waals surface area contributed by atoms with E-state index < -0.39 is 5.56 Å². The second-order valence-corrected chi connectivity index (χ2v) is 7.00. The SMILES string of the molecule is Cc1cc(C)cc(NC(=O)Cn2ncc3c(c2=O)N(C)C(=O)CS3)c1. The molecule has 0 saturated carbocycles. The number of thioether (sulfide) groups is 1. The van der Waals surface area contributed by atoms with E-state index in [2.05, 4.69) is 10.4 Å². The van der Waals surface area contributed by atoms with Crippen LogP contribution in [0, 0.1) is 13.8 Å². The van der Waals surface area contributed by atoms with Gasteiger partial charge in [-0.3, -0.25) is 14.4 Å². The Balaban J connectivity index is 1.82. The average molecular weight is 358 g/mol. The highest BCUT2D eigenvalue weighted by Crippen LogP contribution is 2.30. The number of benzene rings is 1. The first-order valence-electron chi connectivity index (χ1n) is 7.73. The highest BCUT2D eigenvalue weighted by Gasteiger charge is 2.26. The number of hydrogen-bond donors (Lipinski definition) is 1. The molecule has 1 aromatic heterocycles. The van der Waals surface area contributed by atoms with Crippen LogP contribution < -0.4 is 15.8 Å². The molecule has 8 heteroatoms. The molecule has 0 radical (unpaired) electrons. The molecule has 1 aliphatic heterocycles. The predicted octanol–water partition coefficient (Wildman–Crippen LogP) is 1.57. The van der Waals surface area contributed by atoms with Crippen molar-refractivity contribution in [1.29, 1.82) is 0 Å².